The van der Waals surface area contributed by atoms with Crippen LogP contribution in [0.15, 0.2) is 72.3 Å². The standard InChI is InChI=1S/C26H26NO3S/c1-23(2)20-13-14-24(23)16-31(29)27-26(24)21(22(30-31)18-11-7-4-8-12-18)19(15-25(20,26)28)17-9-5-3-6-10-17/h3-12,15,20,28H,13-14,16H2,1-2H3,(H,27,29)/q+1/t20-,24-,25+,26-,31?/m0/s1/i15D. The van der Waals surface area contributed by atoms with E-state index in [1.165, 1.54) is 0 Å². The van der Waals surface area contributed by atoms with Crippen LogP contribution < -0.4 is 4.72 Å². The maximum atomic E-state index is 14.1. The molecule has 158 valence electrons. The highest BCUT2D eigenvalue weighted by atomic mass is 32.3. The molecular weight excluding hydrogens is 406 g/mol. The van der Waals surface area contributed by atoms with Crippen LogP contribution >= 0.6 is 0 Å². The van der Waals surface area contributed by atoms with E-state index in [2.05, 4.69) is 18.6 Å². The average Bonchev–Trinajstić information content (AvgIpc) is 3.30. The topological polar surface area (TPSA) is 58.6 Å². The number of aliphatic hydroxyl groups is 1. The first-order valence-corrected chi connectivity index (χ1v) is 12.7. The third kappa shape index (κ3) is 1.75. The van der Waals surface area contributed by atoms with Gasteiger partial charge in [-0.05, 0) is 45.6 Å². The molecule has 7 rings (SSSR count). The Bertz CT molecular complexity index is 1300. The minimum Gasteiger partial charge on any atom is -0.383 e. The molecule has 5 heteroatoms. The van der Waals surface area contributed by atoms with Crippen molar-refractivity contribution in [3.63, 3.8) is 0 Å². The van der Waals surface area contributed by atoms with E-state index < -0.39 is 27.0 Å². The first-order chi connectivity index (χ1) is 15.2. The van der Waals surface area contributed by atoms with Gasteiger partial charge in [0.1, 0.15) is 11.1 Å². The van der Waals surface area contributed by atoms with Gasteiger partial charge in [0.2, 0.25) is 5.76 Å². The van der Waals surface area contributed by atoms with Gasteiger partial charge in [-0.3, -0.25) is 4.18 Å². The van der Waals surface area contributed by atoms with Gasteiger partial charge in [0.05, 0.1) is 6.79 Å². The van der Waals surface area contributed by atoms with Gasteiger partial charge in [0.25, 0.3) is 0 Å². The van der Waals surface area contributed by atoms with Crippen LogP contribution in [0.3, 0.4) is 0 Å². The van der Waals surface area contributed by atoms with Gasteiger partial charge < -0.3 is 5.11 Å². The fourth-order valence-corrected chi connectivity index (χ4v) is 10.7. The van der Waals surface area contributed by atoms with E-state index in [0.717, 1.165) is 35.1 Å². The van der Waals surface area contributed by atoms with Gasteiger partial charge in [-0.25, -0.2) is 0 Å². The van der Waals surface area contributed by atoms with E-state index in [0.29, 0.717) is 11.5 Å². The van der Waals surface area contributed by atoms with E-state index in [9.17, 15) is 10.7 Å². The second-order valence-electron chi connectivity index (χ2n) is 10.3. The molecule has 1 saturated heterocycles. The normalized spacial score (nSPS) is 43.8. The van der Waals surface area contributed by atoms with E-state index in [-0.39, 0.29) is 17.4 Å². The number of benzene rings is 2. The van der Waals surface area contributed by atoms with Crippen molar-refractivity contribution in [2.24, 2.45) is 16.7 Å². The molecule has 2 saturated carbocycles. The lowest BCUT2D eigenvalue weighted by molar-refractivity contribution is -0.0317. The summed E-state index contributed by atoms with van der Waals surface area (Å²) >= 11 is 0. The second kappa shape index (κ2) is 5.22. The summed E-state index contributed by atoms with van der Waals surface area (Å²) in [5.74, 6) is 0.820. The molecule has 4 nitrogen and oxygen atoms in total. The van der Waals surface area contributed by atoms with Crippen molar-refractivity contribution in [2.45, 2.75) is 37.8 Å². The molecule has 31 heavy (non-hydrogen) atoms. The van der Waals surface area contributed by atoms with Crippen LogP contribution in [0.5, 0.6) is 0 Å². The molecule has 2 aromatic carbocycles. The molecule has 0 amide bonds. The third-order valence-corrected chi connectivity index (χ3v) is 10.9. The zero-order chi connectivity index (χ0) is 22.1. The minimum atomic E-state index is -2.91. The summed E-state index contributed by atoms with van der Waals surface area (Å²) < 4.78 is 33.3. The number of hydrogen-bond acceptors (Lipinski definition) is 3. The Morgan fingerprint density at radius 3 is 2.42 bits per heavy atom. The van der Waals surface area contributed by atoms with E-state index in [4.69, 9.17) is 4.18 Å². The summed E-state index contributed by atoms with van der Waals surface area (Å²) in [6.45, 7) is 4.38. The first-order valence-electron chi connectivity index (χ1n) is 11.5. The molecule has 2 N–H and O–H groups in total. The van der Waals surface area contributed by atoms with Crippen LogP contribution in [0.4, 0.5) is 0 Å². The molecule has 0 radical (unpaired) electrons. The van der Waals surface area contributed by atoms with Crippen LogP contribution in [-0.4, -0.2) is 22.0 Å². The average molecular weight is 434 g/mol. The van der Waals surface area contributed by atoms with Crippen molar-refractivity contribution < 1.29 is 14.9 Å². The Labute approximate surface area is 185 Å². The van der Waals surface area contributed by atoms with Gasteiger partial charge in [0.15, 0.2) is 5.75 Å². The minimum absolute atomic E-state index is 0.0923. The van der Waals surface area contributed by atoms with Crippen molar-refractivity contribution >= 4 is 21.7 Å². The lowest BCUT2D eigenvalue weighted by atomic mass is 9.58. The molecular formula is C26H26NO3S+. The van der Waals surface area contributed by atoms with Gasteiger partial charge in [0, 0.05) is 11.1 Å². The van der Waals surface area contributed by atoms with Crippen LogP contribution in [0.25, 0.3) is 11.3 Å². The Hall–Kier alpha value is -2.21. The molecule has 2 aromatic rings. The van der Waals surface area contributed by atoms with Gasteiger partial charge in [-0.2, -0.15) is 0 Å². The van der Waals surface area contributed by atoms with Crippen LogP contribution in [0, 0.1) is 16.7 Å². The summed E-state index contributed by atoms with van der Waals surface area (Å²) in [4.78, 5) is 0. The molecule has 5 aliphatic rings. The zero-order valence-electron chi connectivity index (χ0n) is 18.6. The molecule has 4 bridgehead atoms. The molecule has 2 spiro atoms. The smallest absolute Gasteiger partial charge is 0.334 e. The number of rotatable bonds is 2. The fourth-order valence-electron chi connectivity index (χ4n) is 7.79. The lowest BCUT2D eigenvalue weighted by Crippen LogP contribution is -2.66. The molecule has 5 atom stereocenters. The van der Waals surface area contributed by atoms with Gasteiger partial charge >= 0.3 is 10.4 Å². The number of fused-ring (bicyclic) bond motifs is 3. The van der Waals surface area contributed by atoms with Crippen molar-refractivity contribution in [1.29, 1.82) is 0 Å². The van der Waals surface area contributed by atoms with E-state index in [1.807, 2.05) is 60.7 Å². The molecule has 0 aromatic heterocycles. The van der Waals surface area contributed by atoms with Crippen molar-refractivity contribution in [1.82, 2.24) is 4.72 Å². The summed E-state index contributed by atoms with van der Waals surface area (Å²) in [5, 5.41) is 12.6. The lowest BCUT2D eigenvalue weighted by Gasteiger charge is -2.46. The monoisotopic (exact) mass is 433 g/mol. The molecule has 2 heterocycles. The summed E-state index contributed by atoms with van der Waals surface area (Å²) in [5.41, 5.74) is 0.0843. The Kier molecular flexibility index (Phi) is 2.93. The first kappa shape index (κ1) is 17.4. The predicted octanol–water partition coefficient (Wildman–Crippen LogP) is 4.36. The Morgan fingerprint density at radius 1 is 1.10 bits per heavy atom. The van der Waals surface area contributed by atoms with Crippen LogP contribution in [0.1, 0.15) is 39.2 Å². The number of hydrogen-bond donors (Lipinski definition) is 2. The SMILES string of the molecule is [2H]C1=C(c2ccccc2)C2=C(c3ccccc3)O[S+]3(=O)C[C@@]45CC[C@@H](C4(C)C)[C@@]1(O)[C@]25N3. The molecule has 2 aliphatic heterocycles. The summed E-state index contributed by atoms with van der Waals surface area (Å²) in [7, 11) is -2.91. The second-order valence-corrected chi connectivity index (χ2v) is 12.2. The predicted molar refractivity (Wildman–Crippen MR) is 122 cm³/mol. The highest BCUT2D eigenvalue weighted by Gasteiger charge is 2.92. The highest BCUT2D eigenvalue weighted by Crippen LogP contribution is 2.82. The van der Waals surface area contributed by atoms with Crippen molar-refractivity contribution in [2.75, 3.05) is 5.75 Å². The Balaban J connectivity index is 1.66. The van der Waals surface area contributed by atoms with E-state index >= 15 is 0 Å². The third-order valence-electron chi connectivity index (χ3n) is 8.99. The quantitative estimate of drug-likeness (QED) is 0.692. The zero-order valence-corrected chi connectivity index (χ0v) is 18.5. The highest BCUT2D eigenvalue weighted by molar-refractivity contribution is 7.97. The maximum absolute atomic E-state index is 14.1. The maximum Gasteiger partial charge on any atom is 0.334 e. The summed E-state index contributed by atoms with van der Waals surface area (Å²) in [6.07, 6.45) is 1.68. The van der Waals surface area contributed by atoms with Gasteiger partial charge in [-0.15, -0.1) is 0 Å². The van der Waals surface area contributed by atoms with Gasteiger partial charge in [-0.1, -0.05) is 79.2 Å². The molecule has 1 unspecified atom stereocenters. The molecule has 3 fully saturated rings. The fraction of sp³-hybridized carbons (Fsp3) is 0.385. The van der Waals surface area contributed by atoms with Crippen molar-refractivity contribution in [3.8, 4) is 0 Å². The van der Waals surface area contributed by atoms with Crippen LogP contribution in [0.2, 0.25) is 0 Å². The van der Waals surface area contributed by atoms with Crippen molar-refractivity contribution in [3.05, 3.63) is 83.4 Å². The largest absolute Gasteiger partial charge is 0.383 e. The number of nitrogens with one attached hydrogen (secondary N) is 1. The van der Waals surface area contributed by atoms with E-state index in [1.54, 1.807) is 0 Å². The molecule has 3 aliphatic carbocycles. The van der Waals surface area contributed by atoms with Crippen LogP contribution in [-0.2, 0) is 18.8 Å². The summed E-state index contributed by atoms with van der Waals surface area (Å²) in [6, 6.07) is 19.8. The Morgan fingerprint density at radius 2 is 1.74 bits per heavy atom.